The molecule has 0 radical (unpaired) electrons. The van der Waals surface area contributed by atoms with Crippen LogP contribution in [0.5, 0.6) is 0 Å². The highest BCUT2D eigenvalue weighted by Gasteiger charge is 2.12. The fourth-order valence-electron chi connectivity index (χ4n) is 2.41. The number of aromatic amines is 1. The van der Waals surface area contributed by atoms with Gasteiger partial charge in [-0.1, -0.05) is 35.5 Å². The molecular weight excluding hydrogens is 278 g/mol. The van der Waals surface area contributed by atoms with Crippen molar-refractivity contribution >= 4 is 10.9 Å². The topological polar surface area (TPSA) is 79.6 Å². The molecule has 108 valence electrons. The summed E-state index contributed by atoms with van der Waals surface area (Å²) in [5, 5.41) is 25.8. The summed E-state index contributed by atoms with van der Waals surface area (Å²) < 4.78 is 1.69. The molecule has 0 aliphatic heterocycles. The van der Waals surface area contributed by atoms with Crippen LogP contribution in [0.1, 0.15) is 5.56 Å². The number of aromatic nitrogens is 5. The van der Waals surface area contributed by atoms with Crippen LogP contribution in [0.25, 0.3) is 28.0 Å². The van der Waals surface area contributed by atoms with Gasteiger partial charge in [-0.05, 0) is 23.8 Å². The van der Waals surface area contributed by atoms with Crippen LogP contribution in [0.2, 0.25) is 0 Å². The van der Waals surface area contributed by atoms with E-state index in [1.807, 2.05) is 54.7 Å². The number of benzene rings is 2. The fourth-order valence-corrected chi connectivity index (χ4v) is 2.41. The van der Waals surface area contributed by atoms with Crippen molar-refractivity contribution in [3.63, 3.8) is 0 Å². The maximum Gasteiger partial charge on any atom is 0.134 e. The summed E-state index contributed by atoms with van der Waals surface area (Å²) >= 11 is 0. The second-order valence-electron chi connectivity index (χ2n) is 4.99. The van der Waals surface area contributed by atoms with E-state index in [0.29, 0.717) is 5.69 Å². The summed E-state index contributed by atoms with van der Waals surface area (Å²) in [6.07, 6.45) is 1.84. The zero-order valence-electron chi connectivity index (χ0n) is 11.6. The van der Waals surface area contributed by atoms with Crippen molar-refractivity contribution in [3.8, 4) is 17.1 Å². The molecule has 0 aliphatic rings. The molecule has 2 N–H and O–H groups in total. The third kappa shape index (κ3) is 2.06. The average Bonchev–Trinajstić information content (AvgIpc) is 3.21. The first-order valence-corrected chi connectivity index (χ1v) is 6.91. The lowest BCUT2D eigenvalue weighted by atomic mass is 10.2. The number of aliphatic hydroxyl groups excluding tert-OH is 1. The van der Waals surface area contributed by atoms with Crippen molar-refractivity contribution in [1.82, 2.24) is 25.2 Å². The summed E-state index contributed by atoms with van der Waals surface area (Å²) in [6, 6.07) is 15.4. The third-order valence-electron chi connectivity index (χ3n) is 3.59. The second-order valence-corrected chi connectivity index (χ2v) is 4.99. The van der Waals surface area contributed by atoms with E-state index in [1.165, 1.54) is 0 Å². The van der Waals surface area contributed by atoms with Gasteiger partial charge < -0.3 is 5.11 Å². The lowest BCUT2D eigenvalue weighted by molar-refractivity contribution is 0.282. The molecule has 0 saturated heterocycles. The van der Waals surface area contributed by atoms with E-state index in [2.05, 4.69) is 20.5 Å². The van der Waals surface area contributed by atoms with Crippen molar-refractivity contribution in [2.24, 2.45) is 0 Å². The molecule has 0 unspecified atom stereocenters. The first-order valence-electron chi connectivity index (χ1n) is 6.91. The molecule has 6 nitrogen and oxygen atoms in total. The SMILES string of the molecule is OCc1ccc(-n2cc(-c3n[nH]c4ccccc34)nn2)cc1. The zero-order chi connectivity index (χ0) is 14.9. The first-order chi connectivity index (χ1) is 10.8. The zero-order valence-corrected chi connectivity index (χ0v) is 11.6. The summed E-state index contributed by atoms with van der Waals surface area (Å²) in [5.41, 5.74) is 4.22. The van der Waals surface area contributed by atoms with E-state index in [1.54, 1.807) is 4.68 Å². The summed E-state index contributed by atoms with van der Waals surface area (Å²) in [6.45, 7) is 0.0299. The van der Waals surface area contributed by atoms with Gasteiger partial charge in [-0.25, -0.2) is 4.68 Å². The molecule has 4 aromatic rings. The molecule has 0 aliphatic carbocycles. The molecule has 0 fully saturated rings. The van der Waals surface area contributed by atoms with Gasteiger partial charge in [-0.2, -0.15) is 5.10 Å². The first kappa shape index (κ1) is 12.7. The minimum Gasteiger partial charge on any atom is -0.392 e. The lowest BCUT2D eigenvalue weighted by Gasteiger charge is -2.00. The number of hydrogen-bond donors (Lipinski definition) is 2. The van der Waals surface area contributed by atoms with Crippen LogP contribution in [0.15, 0.2) is 54.7 Å². The van der Waals surface area contributed by atoms with Crippen LogP contribution in [0, 0.1) is 0 Å². The van der Waals surface area contributed by atoms with Gasteiger partial charge >= 0.3 is 0 Å². The Labute approximate surface area is 126 Å². The van der Waals surface area contributed by atoms with Crippen molar-refractivity contribution in [2.75, 3.05) is 0 Å². The van der Waals surface area contributed by atoms with Gasteiger partial charge in [-0.15, -0.1) is 5.10 Å². The van der Waals surface area contributed by atoms with Crippen LogP contribution >= 0.6 is 0 Å². The molecule has 0 spiro atoms. The number of hydrogen-bond acceptors (Lipinski definition) is 4. The fraction of sp³-hybridized carbons (Fsp3) is 0.0625. The molecule has 22 heavy (non-hydrogen) atoms. The molecule has 0 atom stereocenters. The van der Waals surface area contributed by atoms with Crippen LogP contribution < -0.4 is 0 Å². The van der Waals surface area contributed by atoms with E-state index in [-0.39, 0.29) is 6.61 Å². The highest BCUT2D eigenvalue weighted by Crippen LogP contribution is 2.24. The smallest absolute Gasteiger partial charge is 0.134 e. The number of aliphatic hydroxyl groups is 1. The van der Waals surface area contributed by atoms with Gasteiger partial charge in [0.25, 0.3) is 0 Å². The monoisotopic (exact) mass is 291 g/mol. The number of para-hydroxylation sites is 1. The molecule has 0 amide bonds. The van der Waals surface area contributed by atoms with Crippen LogP contribution in [-0.2, 0) is 6.61 Å². The van der Waals surface area contributed by atoms with Crippen molar-refractivity contribution in [3.05, 3.63) is 60.3 Å². The van der Waals surface area contributed by atoms with Gasteiger partial charge in [-0.3, -0.25) is 5.10 Å². The van der Waals surface area contributed by atoms with E-state index in [4.69, 9.17) is 5.11 Å². The Bertz CT molecular complexity index is 923. The lowest BCUT2D eigenvalue weighted by Crippen LogP contribution is -1.95. The predicted octanol–water partition coefficient (Wildman–Crippen LogP) is 2.30. The molecule has 2 aromatic carbocycles. The van der Waals surface area contributed by atoms with Crippen molar-refractivity contribution in [1.29, 1.82) is 0 Å². The molecule has 2 heterocycles. The summed E-state index contributed by atoms with van der Waals surface area (Å²) in [4.78, 5) is 0. The Morgan fingerprint density at radius 2 is 1.86 bits per heavy atom. The third-order valence-corrected chi connectivity index (χ3v) is 3.59. The molecular formula is C16H13N5O. The van der Waals surface area contributed by atoms with E-state index in [9.17, 15) is 0 Å². The Kier molecular flexibility index (Phi) is 2.94. The number of nitrogens with one attached hydrogen (secondary N) is 1. The van der Waals surface area contributed by atoms with Crippen LogP contribution in [-0.4, -0.2) is 30.3 Å². The van der Waals surface area contributed by atoms with E-state index < -0.39 is 0 Å². The van der Waals surface area contributed by atoms with Gasteiger partial charge in [0.15, 0.2) is 0 Å². The van der Waals surface area contributed by atoms with Gasteiger partial charge in [0, 0.05) is 5.39 Å². The Balaban J connectivity index is 1.74. The maximum absolute atomic E-state index is 9.08. The normalized spacial score (nSPS) is 11.1. The molecule has 0 bridgehead atoms. The highest BCUT2D eigenvalue weighted by atomic mass is 16.3. The second kappa shape index (κ2) is 5.09. The Morgan fingerprint density at radius 1 is 1.05 bits per heavy atom. The van der Waals surface area contributed by atoms with Crippen molar-refractivity contribution in [2.45, 2.75) is 6.61 Å². The molecule has 2 aromatic heterocycles. The predicted molar refractivity (Wildman–Crippen MR) is 82.4 cm³/mol. The van der Waals surface area contributed by atoms with E-state index >= 15 is 0 Å². The average molecular weight is 291 g/mol. The quantitative estimate of drug-likeness (QED) is 0.607. The Hall–Kier alpha value is -2.99. The molecule has 0 saturated carbocycles. The van der Waals surface area contributed by atoms with Crippen LogP contribution in [0.3, 0.4) is 0 Å². The van der Waals surface area contributed by atoms with Crippen LogP contribution in [0.4, 0.5) is 0 Å². The number of nitrogens with zero attached hydrogens (tertiary/aromatic N) is 4. The van der Waals surface area contributed by atoms with Gasteiger partial charge in [0.05, 0.1) is 24.0 Å². The summed E-state index contributed by atoms with van der Waals surface area (Å²) in [5.74, 6) is 0. The van der Waals surface area contributed by atoms with E-state index in [0.717, 1.165) is 27.8 Å². The number of H-pyrrole nitrogens is 1. The minimum absolute atomic E-state index is 0.0299. The number of fused-ring (bicyclic) bond motifs is 1. The number of rotatable bonds is 3. The largest absolute Gasteiger partial charge is 0.392 e. The molecule has 4 rings (SSSR count). The maximum atomic E-state index is 9.08. The highest BCUT2D eigenvalue weighted by molar-refractivity contribution is 5.91. The molecule has 6 heteroatoms. The summed E-state index contributed by atoms with van der Waals surface area (Å²) in [7, 11) is 0. The standard InChI is InChI=1S/C16H13N5O/c22-10-11-5-7-12(8-6-11)21-9-15(18-20-21)16-13-3-1-2-4-14(13)17-19-16/h1-9,22H,10H2,(H,17,19). The van der Waals surface area contributed by atoms with Gasteiger partial charge in [0.1, 0.15) is 11.4 Å². The van der Waals surface area contributed by atoms with Gasteiger partial charge in [0.2, 0.25) is 0 Å². The Morgan fingerprint density at radius 3 is 2.68 bits per heavy atom. The minimum atomic E-state index is 0.0299. The van der Waals surface area contributed by atoms with Crippen molar-refractivity contribution < 1.29 is 5.11 Å².